The van der Waals surface area contributed by atoms with Gasteiger partial charge < -0.3 is 20.1 Å². The van der Waals surface area contributed by atoms with Gasteiger partial charge in [0, 0.05) is 18.8 Å². The third-order valence-corrected chi connectivity index (χ3v) is 4.51. The van der Waals surface area contributed by atoms with E-state index < -0.39 is 0 Å². The van der Waals surface area contributed by atoms with Crippen LogP contribution in [0.15, 0.2) is 48.5 Å². The number of ether oxygens (including phenoxy) is 2. The fraction of sp³-hybridized carbons (Fsp3) is 0.227. The van der Waals surface area contributed by atoms with E-state index in [9.17, 15) is 4.79 Å². The van der Waals surface area contributed by atoms with Gasteiger partial charge in [0.25, 0.3) is 5.91 Å². The molecule has 7 heteroatoms. The number of carbonyl (C=O) groups is 1. The van der Waals surface area contributed by atoms with Gasteiger partial charge in [-0.1, -0.05) is 35.9 Å². The Kier molecular flexibility index (Phi) is 5.29. The molecule has 148 valence electrons. The fourth-order valence-corrected chi connectivity index (χ4v) is 3.09. The zero-order valence-electron chi connectivity index (χ0n) is 16.4. The van der Waals surface area contributed by atoms with E-state index in [0.29, 0.717) is 30.4 Å². The third-order valence-electron chi connectivity index (χ3n) is 4.51. The van der Waals surface area contributed by atoms with E-state index in [4.69, 9.17) is 9.47 Å². The van der Waals surface area contributed by atoms with Crippen molar-refractivity contribution in [2.24, 2.45) is 0 Å². The van der Waals surface area contributed by atoms with Crippen LogP contribution in [-0.4, -0.2) is 22.7 Å². The number of rotatable bonds is 6. The molecule has 0 radical (unpaired) electrons. The molecule has 1 amide bonds. The molecule has 0 fully saturated rings. The highest BCUT2D eigenvalue weighted by atomic mass is 16.7. The van der Waals surface area contributed by atoms with Crippen molar-refractivity contribution >= 4 is 11.9 Å². The van der Waals surface area contributed by atoms with Crippen LogP contribution in [0.25, 0.3) is 0 Å². The molecule has 0 saturated heterocycles. The van der Waals surface area contributed by atoms with Crippen LogP contribution in [0.5, 0.6) is 11.5 Å². The van der Waals surface area contributed by atoms with Crippen molar-refractivity contribution < 1.29 is 14.3 Å². The Bertz CT molecular complexity index is 1050. The van der Waals surface area contributed by atoms with Gasteiger partial charge >= 0.3 is 0 Å². The lowest BCUT2D eigenvalue weighted by molar-refractivity contribution is 0.0945. The Morgan fingerprint density at radius 2 is 1.79 bits per heavy atom. The number of hydrogen-bond donors (Lipinski definition) is 2. The van der Waals surface area contributed by atoms with Crippen molar-refractivity contribution in [1.82, 2.24) is 15.3 Å². The molecule has 0 bridgehead atoms. The van der Waals surface area contributed by atoms with Gasteiger partial charge in [-0.15, -0.1) is 0 Å². The maximum absolute atomic E-state index is 12.5. The number of nitrogens with zero attached hydrogens (tertiary/aromatic N) is 2. The van der Waals surface area contributed by atoms with E-state index in [1.807, 2.05) is 56.3 Å². The number of hydrogen-bond acceptors (Lipinski definition) is 6. The van der Waals surface area contributed by atoms with Crippen LogP contribution >= 0.6 is 0 Å². The summed E-state index contributed by atoms with van der Waals surface area (Å²) >= 11 is 0. The van der Waals surface area contributed by atoms with E-state index in [-0.39, 0.29) is 12.7 Å². The predicted octanol–water partition coefficient (Wildman–Crippen LogP) is 3.36. The van der Waals surface area contributed by atoms with Crippen LogP contribution in [0.1, 0.15) is 32.9 Å². The molecule has 2 N–H and O–H groups in total. The average molecular weight is 390 g/mol. The minimum Gasteiger partial charge on any atom is -0.454 e. The predicted molar refractivity (Wildman–Crippen MR) is 109 cm³/mol. The number of fused-ring (bicyclic) bond motifs is 1. The van der Waals surface area contributed by atoms with Gasteiger partial charge in [-0.05, 0) is 43.2 Å². The lowest BCUT2D eigenvalue weighted by Gasteiger charge is -2.10. The van der Waals surface area contributed by atoms with Crippen molar-refractivity contribution in [2.75, 3.05) is 12.1 Å². The average Bonchev–Trinajstić information content (AvgIpc) is 3.18. The Balaban J connectivity index is 1.41. The molecular formula is C22H22N4O3. The molecule has 7 nitrogen and oxygen atoms in total. The molecule has 0 saturated carbocycles. The minimum absolute atomic E-state index is 0.233. The first kappa shape index (κ1) is 18.7. The van der Waals surface area contributed by atoms with Crippen molar-refractivity contribution in [3.63, 3.8) is 0 Å². The number of nitrogens with one attached hydrogen (secondary N) is 2. The Morgan fingerprint density at radius 1 is 0.966 bits per heavy atom. The van der Waals surface area contributed by atoms with E-state index in [1.54, 1.807) is 6.07 Å². The highest BCUT2D eigenvalue weighted by molar-refractivity contribution is 5.92. The van der Waals surface area contributed by atoms with Crippen LogP contribution in [0.3, 0.4) is 0 Å². The van der Waals surface area contributed by atoms with Gasteiger partial charge in [0.05, 0.1) is 0 Å². The topological polar surface area (TPSA) is 85.4 Å². The molecule has 0 unspecified atom stereocenters. The highest BCUT2D eigenvalue weighted by Gasteiger charge is 2.14. The standard InChI is InChI=1S/C22H22N4O3/c1-14-4-3-5-16(8-14)11-23-21(27)18-9-15(2)25-22(26-18)24-12-17-6-7-19-20(10-17)29-13-28-19/h3-10H,11-13H2,1-2H3,(H,23,27)(H,24,25,26). The molecule has 1 aliphatic heterocycles. The molecular weight excluding hydrogens is 368 g/mol. The van der Waals surface area contributed by atoms with E-state index in [0.717, 1.165) is 28.2 Å². The number of carbonyl (C=O) groups excluding carboxylic acids is 1. The van der Waals surface area contributed by atoms with Gasteiger partial charge in [-0.2, -0.15) is 0 Å². The van der Waals surface area contributed by atoms with Crippen LogP contribution in [0, 0.1) is 13.8 Å². The van der Waals surface area contributed by atoms with Gasteiger partial charge in [0.1, 0.15) is 5.69 Å². The number of aromatic nitrogens is 2. The molecule has 1 aliphatic rings. The lowest BCUT2D eigenvalue weighted by atomic mass is 10.1. The largest absolute Gasteiger partial charge is 0.454 e. The first-order chi connectivity index (χ1) is 14.1. The van der Waals surface area contributed by atoms with Gasteiger partial charge in [0.15, 0.2) is 11.5 Å². The summed E-state index contributed by atoms with van der Waals surface area (Å²) in [5.74, 6) is 1.64. The normalized spacial score (nSPS) is 11.9. The summed E-state index contributed by atoms with van der Waals surface area (Å²) in [6.07, 6.45) is 0. The maximum Gasteiger partial charge on any atom is 0.270 e. The second kappa shape index (κ2) is 8.18. The summed E-state index contributed by atoms with van der Waals surface area (Å²) < 4.78 is 10.7. The monoisotopic (exact) mass is 390 g/mol. The number of amides is 1. The molecule has 1 aromatic heterocycles. The van der Waals surface area contributed by atoms with Crippen LogP contribution in [-0.2, 0) is 13.1 Å². The van der Waals surface area contributed by atoms with Gasteiger partial charge in [-0.25, -0.2) is 9.97 Å². The zero-order chi connectivity index (χ0) is 20.2. The minimum atomic E-state index is -0.233. The maximum atomic E-state index is 12.5. The molecule has 2 heterocycles. The number of benzene rings is 2. The molecule has 29 heavy (non-hydrogen) atoms. The summed E-state index contributed by atoms with van der Waals surface area (Å²) in [7, 11) is 0. The van der Waals surface area contributed by atoms with Crippen molar-refractivity contribution in [1.29, 1.82) is 0 Å². The summed E-state index contributed by atoms with van der Waals surface area (Å²) in [4.78, 5) is 21.3. The Hall–Kier alpha value is -3.61. The quantitative estimate of drug-likeness (QED) is 0.671. The third kappa shape index (κ3) is 4.63. The SMILES string of the molecule is Cc1cccc(CNC(=O)c2cc(C)nc(NCc3ccc4c(c3)OCO4)n2)c1. The highest BCUT2D eigenvalue weighted by Crippen LogP contribution is 2.32. The molecule has 0 atom stereocenters. The molecule has 2 aromatic carbocycles. The van der Waals surface area contributed by atoms with Crippen molar-refractivity contribution in [3.8, 4) is 11.5 Å². The first-order valence-corrected chi connectivity index (χ1v) is 9.39. The lowest BCUT2D eigenvalue weighted by Crippen LogP contribution is -2.24. The zero-order valence-corrected chi connectivity index (χ0v) is 16.4. The Morgan fingerprint density at radius 3 is 2.66 bits per heavy atom. The molecule has 0 spiro atoms. The summed E-state index contributed by atoms with van der Waals surface area (Å²) in [6.45, 7) is 5.06. The van der Waals surface area contributed by atoms with Gasteiger partial charge in [0.2, 0.25) is 12.7 Å². The van der Waals surface area contributed by atoms with E-state index in [2.05, 4.69) is 20.6 Å². The first-order valence-electron chi connectivity index (χ1n) is 9.39. The van der Waals surface area contributed by atoms with Crippen LogP contribution in [0.2, 0.25) is 0 Å². The van der Waals surface area contributed by atoms with E-state index in [1.165, 1.54) is 0 Å². The fourth-order valence-electron chi connectivity index (χ4n) is 3.09. The molecule has 0 aliphatic carbocycles. The van der Waals surface area contributed by atoms with Crippen LogP contribution < -0.4 is 20.1 Å². The number of anilines is 1. The van der Waals surface area contributed by atoms with Crippen molar-refractivity contribution in [3.05, 3.63) is 76.6 Å². The molecule has 3 aromatic rings. The second-order valence-electron chi connectivity index (χ2n) is 6.93. The summed E-state index contributed by atoms with van der Waals surface area (Å²) in [6, 6.07) is 15.5. The summed E-state index contributed by atoms with van der Waals surface area (Å²) in [5.41, 5.74) is 4.26. The second-order valence-corrected chi connectivity index (χ2v) is 6.93. The van der Waals surface area contributed by atoms with Gasteiger partial charge in [-0.3, -0.25) is 4.79 Å². The summed E-state index contributed by atoms with van der Waals surface area (Å²) in [5, 5.41) is 6.08. The Labute approximate surface area is 169 Å². The smallest absolute Gasteiger partial charge is 0.270 e. The van der Waals surface area contributed by atoms with Crippen molar-refractivity contribution in [2.45, 2.75) is 26.9 Å². The van der Waals surface area contributed by atoms with E-state index >= 15 is 0 Å². The van der Waals surface area contributed by atoms with Crippen LogP contribution in [0.4, 0.5) is 5.95 Å². The molecule has 4 rings (SSSR count). The number of aryl methyl sites for hydroxylation is 2.